The summed E-state index contributed by atoms with van der Waals surface area (Å²) in [6.07, 6.45) is 6.97. The predicted molar refractivity (Wildman–Crippen MR) is 77.3 cm³/mol. The van der Waals surface area contributed by atoms with E-state index in [1.807, 2.05) is 6.07 Å². The fourth-order valence-electron chi connectivity index (χ4n) is 2.56. The monoisotopic (exact) mass is 291 g/mol. The average Bonchev–Trinajstić information content (AvgIpc) is 2.88. The first-order valence-corrected chi connectivity index (χ1v) is 7.92. The number of hydrogen-bond acceptors (Lipinski definition) is 2. The molecule has 2 rings (SSSR count). The lowest BCUT2D eigenvalue weighted by Gasteiger charge is -2.15. The molecule has 1 N–H and O–H groups in total. The van der Waals surface area contributed by atoms with Crippen LogP contribution in [0.3, 0.4) is 0 Å². The molecule has 1 aromatic rings. The van der Waals surface area contributed by atoms with Gasteiger partial charge in [-0.05, 0) is 37.4 Å². The number of nitrogens with one attached hydrogen (secondary N) is 1. The zero-order valence-corrected chi connectivity index (χ0v) is 12.5. The standard InChI is InChI=1S/C13H19Cl2NS/c1-9(11-8-12(14)17-13(11)15)16-7-6-10-4-2-3-5-10/h8-10,16H,2-7H2,1H3. The van der Waals surface area contributed by atoms with E-state index in [4.69, 9.17) is 23.2 Å². The Morgan fingerprint density at radius 3 is 2.71 bits per heavy atom. The largest absolute Gasteiger partial charge is 0.310 e. The van der Waals surface area contributed by atoms with Gasteiger partial charge in [0.25, 0.3) is 0 Å². The van der Waals surface area contributed by atoms with Crippen LogP contribution in [0.2, 0.25) is 8.67 Å². The molecule has 1 atom stereocenters. The highest BCUT2D eigenvalue weighted by molar-refractivity contribution is 7.20. The molecule has 1 fully saturated rings. The van der Waals surface area contributed by atoms with Crippen molar-refractivity contribution in [2.45, 2.75) is 45.1 Å². The molecule has 0 radical (unpaired) electrons. The van der Waals surface area contributed by atoms with Crippen LogP contribution >= 0.6 is 34.5 Å². The van der Waals surface area contributed by atoms with Crippen molar-refractivity contribution in [1.29, 1.82) is 0 Å². The SMILES string of the molecule is CC(NCCC1CCCC1)c1cc(Cl)sc1Cl. The third-order valence-electron chi connectivity index (χ3n) is 3.63. The Labute approximate surface area is 118 Å². The lowest BCUT2D eigenvalue weighted by atomic mass is 10.0. The van der Waals surface area contributed by atoms with E-state index in [0.29, 0.717) is 6.04 Å². The van der Waals surface area contributed by atoms with Crippen molar-refractivity contribution < 1.29 is 0 Å². The summed E-state index contributed by atoms with van der Waals surface area (Å²) in [7, 11) is 0. The van der Waals surface area contributed by atoms with Crippen molar-refractivity contribution in [3.63, 3.8) is 0 Å². The zero-order valence-electron chi connectivity index (χ0n) is 10.1. The summed E-state index contributed by atoms with van der Waals surface area (Å²) >= 11 is 13.5. The lowest BCUT2D eigenvalue weighted by Crippen LogP contribution is -2.21. The van der Waals surface area contributed by atoms with Crippen LogP contribution in [-0.4, -0.2) is 6.54 Å². The van der Waals surface area contributed by atoms with E-state index in [1.165, 1.54) is 43.4 Å². The maximum absolute atomic E-state index is 6.14. The van der Waals surface area contributed by atoms with Crippen molar-refractivity contribution in [2.24, 2.45) is 5.92 Å². The highest BCUT2D eigenvalue weighted by Gasteiger charge is 2.16. The Bertz CT molecular complexity index is 358. The summed E-state index contributed by atoms with van der Waals surface area (Å²) < 4.78 is 1.59. The second kappa shape index (κ2) is 6.42. The molecule has 1 aliphatic carbocycles. The third-order valence-corrected chi connectivity index (χ3v) is 5.15. The van der Waals surface area contributed by atoms with E-state index in [1.54, 1.807) is 0 Å². The smallest absolute Gasteiger partial charge is 0.0991 e. The van der Waals surface area contributed by atoms with Crippen LogP contribution in [-0.2, 0) is 0 Å². The second-order valence-electron chi connectivity index (χ2n) is 4.89. The van der Waals surface area contributed by atoms with Gasteiger partial charge < -0.3 is 5.32 Å². The molecular formula is C13H19Cl2NS. The summed E-state index contributed by atoms with van der Waals surface area (Å²) in [6.45, 7) is 3.23. The fourth-order valence-corrected chi connectivity index (χ4v) is 4.21. The number of hydrogen-bond donors (Lipinski definition) is 1. The van der Waals surface area contributed by atoms with Gasteiger partial charge in [0.1, 0.15) is 0 Å². The normalized spacial score (nSPS) is 18.8. The van der Waals surface area contributed by atoms with Gasteiger partial charge in [-0.15, -0.1) is 11.3 Å². The van der Waals surface area contributed by atoms with Crippen LogP contribution in [0.1, 0.15) is 50.6 Å². The minimum atomic E-state index is 0.299. The molecule has 1 aromatic heterocycles. The molecule has 0 saturated heterocycles. The molecule has 0 aliphatic heterocycles. The molecule has 0 spiro atoms. The minimum Gasteiger partial charge on any atom is -0.310 e. The molecule has 0 aromatic carbocycles. The van der Waals surface area contributed by atoms with Crippen molar-refractivity contribution in [3.8, 4) is 0 Å². The Hall–Kier alpha value is 0.240. The molecule has 96 valence electrons. The Kier molecular flexibility index (Phi) is 5.16. The molecule has 1 saturated carbocycles. The zero-order chi connectivity index (χ0) is 12.3. The third kappa shape index (κ3) is 3.85. The van der Waals surface area contributed by atoms with Gasteiger partial charge in [-0.3, -0.25) is 0 Å². The topological polar surface area (TPSA) is 12.0 Å². The van der Waals surface area contributed by atoms with Crippen molar-refractivity contribution in [3.05, 3.63) is 20.3 Å². The van der Waals surface area contributed by atoms with Gasteiger partial charge in [0.05, 0.1) is 8.67 Å². The van der Waals surface area contributed by atoms with Crippen LogP contribution in [0.4, 0.5) is 0 Å². The highest BCUT2D eigenvalue weighted by atomic mass is 35.5. The number of halogens is 2. The molecule has 17 heavy (non-hydrogen) atoms. The van der Waals surface area contributed by atoms with E-state index >= 15 is 0 Å². The van der Waals surface area contributed by atoms with E-state index in [-0.39, 0.29) is 0 Å². The molecule has 4 heteroatoms. The quantitative estimate of drug-likeness (QED) is 0.778. The molecule has 0 amide bonds. The maximum Gasteiger partial charge on any atom is 0.0991 e. The summed E-state index contributed by atoms with van der Waals surface area (Å²) in [6, 6.07) is 2.27. The number of thiophene rings is 1. The van der Waals surface area contributed by atoms with Crippen LogP contribution < -0.4 is 5.32 Å². The van der Waals surface area contributed by atoms with Gasteiger partial charge in [0.15, 0.2) is 0 Å². The molecule has 1 nitrogen and oxygen atoms in total. The van der Waals surface area contributed by atoms with Gasteiger partial charge in [-0.25, -0.2) is 0 Å². The Morgan fingerprint density at radius 1 is 1.41 bits per heavy atom. The Morgan fingerprint density at radius 2 is 2.12 bits per heavy atom. The summed E-state index contributed by atoms with van der Waals surface area (Å²) in [5.41, 5.74) is 1.13. The highest BCUT2D eigenvalue weighted by Crippen LogP contribution is 2.35. The molecule has 1 unspecified atom stereocenters. The molecule has 0 bridgehead atoms. The summed E-state index contributed by atoms with van der Waals surface area (Å²) in [5, 5.41) is 3.54. The van der Waals surface area contributed by atoms with Crippen molar-refractivity contribution in [2.75, 3.05) is 6.54 Å². The van der Waals surface area contributed by atoms with Gasteiger partial charge in [0, 0.05) is 6.04 Å². The van der Waals surface area contributed by atoms with E-state index in [9.17, 15) is 0 Å². The number of rotatable bonds is 5. The molecule has 1 aliphatic rings. The molecular weight excluding hydrogens is 273 g/mol. The van der Waals surface area contributed by atoms with E-state index in [0.717, 1.165) is 26.7 Å². The maximum atomic E-state index is 6.14. The van der Waals surface area contributed by atoms with Crippen LogP contribution in [0.5, 0.6) is 0 Å². The molecule has 1 heterocycles. The predicted octanol–water partition coefficient (Wildman–Crippen LogP) is 5.29. The first-order chi connectivity index (χ1) is 8.16. The second-order valence-corrected chi connectivity index (χ2v) is 7.18. The van der Waals surface area contributed by atoms with E-state index in [2.05, 4.69) is 12.2 Å². The summed E-state index contributed by atoms with van der Waals surface area (Å²) in [4.78, 5) is 0. The van der Waals surface area contributed by atoms with Gasteiger partial charge in [-0.2, -0.15) is 0 Å². The average molecular weight is 292 g/mol. The van der Waals surface area contributed by atoms with Crippen LogP contribution in [0.25, 0.3) is 0 Å². The van der Waals surface area contributed by atoms with Crippen molar-refractivity contribution >= 4 is 34.5 Å². The first-order valence-electron chi connectivity index (χ1n) is 6.35. The fraction of sp³-hybridized carbons (Fsp3) is 0.692. The minimum absolute atomic E-state index is 0.299. The first kappa shape index (κ1) is 13.7. The van der Waals surface area contributed by atoms with Crippen LogP contribution in [0, 0.1) is 5.92 Å². The van der Waals surface area contributed by atoms with Gasteiger partial charge in [0.2, 0.25) is 0 Å². The van der Waals surface area contributed by atoms with Gasteiger partial charge in [-0.1, -0.05) is 48.9 Å². The van der Waals surface area contributed by atoms with Gasteiger partial charge >= 0.3 is 0 Å². The van der Waals surface area contributed by atoms with Crippen molar-refractivity contribution in [1.82, 2.24) is 5.32 Å². The van der Waals surface area contributed by atoms with E-state index < -0.39 is 0 Å². The lowest BCUT2D eigenvalue weighted by molar-refractivity contribution is 0.455. The van der Waals surface area contributed by atoms with Crippen LogP contribution in [0.15, 0.2) is 6.07 Å². The summed E-state index contributed by atoms with van der Waals surface area (Å²) in [5.74, 6) is 0.941. The Balaban J connectivity index is 1.76.